The van der Waals surface area contributed by atoms with Gasteiger partial charge in [0.25, 0.3) is 5.82 Å². The molecule has 3 aromatic rings. The van der Waals surface area contributed by atoms with Crippen molar-refractivity contribution in [2.24, 2.45) is 0 Å². The van der Waals surface area contributed by atoms with Crippen molar-refractivity contribution in [3.8, 4) is 5.75 Å². The van der Waals surface area contributed by atoms with Crippen LogP contribution in [0.3, 0.4) is 0 Å². The van der Waals surface area contributed by atoms with E-state index in [2.05, 4.69) is 22.2 Å². The zero-order valence-corrected chi connectivity index (χ0v) is 17.2. The molecule has 8 heteroatoms. The van der Waals surface area contributed by atoms with Crippen LogP contribution in [0.2, 0.25) is 0 Å². The molecule has 1 amide bonds. The van der Waals surface area contributed by atoms with Crippen LogP contribution in [-0.4, -0.2) is 30.3 Å². The Bertz CT molecular complexity index is 954. The Morgan fingerprint density at radius 1 is 1.33 bits per heavy atom. The smallest absolute Gasteiger partial charge is 0.361 e. The molecule has 142 valence electrons. The van der Waals surface area contributed by atoms with Crippen LogP contribution in [0, 0.1) is 13.8 Å². The van der Waals surface area contributed by atoms with Crippen molar-refractivity contribution in [3.63, 3.8) is 0 Å². The topological polar surface area (TPSA) is 91.4 Å². The van der Waals surface area contributed by atoms with Crippen LogP contribution in [0.1, 0.15) is 16.0 Å². The number of aromatic amines is 1. The Hall–Kier alpha value is -2.32. The van der Waals surface area contributed by atoms with Gasteiger partial charge in [0.15, 0.2) is 4.83 Å². The standard InChI is InChI=1S/C19H22N4O2S2/c1-11-12(2)27-18-16(11)17(20)22-19(23-18)26-10-15(24)21-9-8-13-4-6-14(25-3)7-5-13/h4-7H,8-10H2,1-3H3,(H,21,24)(H2,20,22,23)/p+1. The molecule has 4 N–H and O–H groups in total. The molecule has 0 radical (unpaired) electrons. The van der Waals surface area contributed by atoms with Gasteiger partial charge >= 0.3 is 5.16 Å². The number of nitrogens with one attached hydrogen (secondary N) is 2. The molecule has 0 aliphatic rings. The second kappa shape index (κ2) is 8.58. The fourth-order valence-electron chi connectivity index (χ4n) is 2.71. The number of H-pyrrole nitrogens is 1. The summed E-state index contributed by atoms with van der Waals surface area (Å²) in [5.74, 6) is 1.60. The van der Waals surface area contributed by atoms with Crippen LogP contribution < -0.4 is 20.8 Å². The Kier molecular flexibility index (Phi) is 6.18. The van der Waals surface area contributed by atoms with Gasteiger partial charge in [0, 0.05) is 11.4 Å². The number of methoxy groups -OCH3 is 1. The number of aryl methyl sites for hydroxylation is 2. The van der Waals surface area contributed by atoms with Gasteiger partial charge in [-0.15, -0.1) is 0 Å². The van der Waals surface area contributed by atoms with E-state index in [1.807, 2.05) is 31.2 Å². The quantitative estimate of drug-likeness (QED) is 0.468. The van der Waals surface area contributed by atoms with Crippen LogP contribution in [0.5, 0.6) is 5.75 Å². The van der Waals surface area contributed by atoms with Gasteiger partial charge in [-0.3, -0.25) is 4.79 Å². The van der Waals surface area contributed by atoms with E-state index in [0.717, 1.165) is 33.5 Å². The molecule has 0 bridgehead atoms. The number of anilines is 1. The number of ether oxygens (including phenoxy) is 1. The second-order valence-corrected chi connectivity index (χ2v) is 8.34. The van der Waals surface area contributed by atoms with Gasteiger partial charge in [-0.2, -0.15) is 0 Å². The van der Waals surface area contributed by atoms with Crippen molar-refractivity contribution in [1.82, 2.24) is 10.3 Å². The molecule has 6 nitrogen and oxygen atoms in total. The lowest BCUT2D eigenvalue weighted by molar-refractivity contribution is -0.399. The Morgan fingerprint density at radius 3 is 2.78 bits per heavy atom. The lowest BCUT2D eigenvalue weighted by Crippen LogP contribution is -2.27. The van der Waals surface area contributed by atoms with E-state index in [1.165, 1.54) is 16.6 Å². The molecule has 0 saturated heterocycles. The average molecular weight is 404 g/mol. The number of nitrogens with two attached hydrogens (primary N) is 1. The van der Waals surface area contributed by atoms with Crippen molar-refractivity contribution < 1.29 is 14.5 Å². The number of amides is 1. The van der Waals surface area contributed by atoms with Crippen LogP contribution in [0.4, 0.5) is 5.82 Å². The molecule has 0 saturated carbocycles. The summed E-state index contributed by atoms with van der Waals surface area (Å²) in [6.07, 6.45) is 0.775. The molecule has 2 aromatic heterocycles. The van der Waals surface area contributed by atoms with Crippen LogP contribution in [-0.2, 0) is 11.2 Å². The first-order valence-electron chi connectivity index (χ1n) is 8.59. The molecule has 27 heavy (non-hydrogen) atoms. The first kappa shape index (κ1) is 19.4. The third-order valence-electron chi connectivity index (χ3n) is 4.32. The number of carbonyl (C=O) groups is 1. The summed E-state index contributed by atoms with van der Waals surface area (Å²) < 4.78 is 5.14. The van der Waals surface area contributed by atoms with E-state index in [9.17, 15) is 4.79 Å². The predicted octanol–water partition coefficient (Wildman–Crippen LogP) is 2.77. The summed E-state index contributed by atoms with van der Waals surface area (Å²) in [4.78, 5) is 22.0. The zero-order valence-electron chi connectivity index (χ0n) is 15.6. The highest BCUT2D eigenvalue weighted by atomic mass is 32.2. The van der Waals surface area contributed by atoms with Crippen molar-refractivity contribution in [2.75, 3.05) is 25.1 Å². The van der Waals surface area contributed by atoms with Gasteiger partial charge in [0.05, 0.1) is 12.9 Å². The number of rotatable bonds is 7. The van der Waals surface area contributed by atoms with Gasteiger partial charge in [0.2, 0.25) is 5.91 Å². The molecular formula is C19H23N4O2S2+. The van der Waals surface area contributed by atoms with Crippen LogP contribution in [0.15, 0.2) is 29.4 Å². The third kappa shape index (κ3) is 4.70. The molecule has 3 rings (SSSR count). The highest BCUT2D eigenvalue weighted by Crippen LogP contribution is 2.31. The molecule has 0 aliphatic heterocycles. The van der Waals surface area contributed by atoms with Gasteiger partial charge < -0.3 is 15.8 Å². The van der Waals surface area contributed by atoms with Crippen molar-refractivity contribution in [1.29, 1.82) is 0 Å². The third-order valence-corrected chi connectivity index (χ3v) is 6.31. The van der Waals surface area contributed by atoms with E-state index in [1.54, 1.807) is 18.4 Å². The van der Waals surface area contributed by atoms with Crippen LogP contribution >= 0.6 is 23.1 Å². The summed E-state index contributed by atoms with van der Waals surface area (Å²) in [5.41, 5.74) is 8.41. The van der Waals surface area contributed by atoms with Gasteiger partial charge in [-0.25, -0.2) is 4.98 Å². The van der Waals surface area contributed by atoms with Crippen molar-refractivity contribution in [2.45, 2.75) is 25.4 Å². The molecule has 0 aliphatic carbocycles. The molecule has 0 atom stereocenters. The molecule has 0 spiro atoms. The maximum absolute atomic E-state index is 12.1. The maximum Gasteiger partial charge on any atom is 0.361 e. The molecule has 2 heterocycles. The number of nitrogens with zero attached hydrogens (tertiary/aromatic N) is 1. The zero-order chi connectivity index (χ0) is 19.4. The number of fused-ring (bicyclic) bond motifs is 1. The largest absolute Gasteiger partial charge is 0.497 e. The summed E-state index contributed by atoms with van der Waals surface area (Å²) in [7, 11) is 1.64. The lowest BCUT2D eigenvalue weighted by atomic mass is 10.1. The number of hydrogen-bond acceptors (Lipinski definition) is 6. The normalized spacial score (nSPS) is 10.9. The van der Waals surface area contributed by atoms with Gasteiger partial charge in [-0.1, -0.05) is 23.5 Å². The predicted molar refractivity (Wildman–Crippen MR) is 110 cm³/mol. The number of hydrogen-bond donors (Lipinski definition) is 2. The van der Waals surface area contributed by atoms with E-state index in [0.29, 0.717) is 23.3 Å². The Morgan fingerprint density at radius 2 is 2.07 bits per heavy atom. The van der Waals surface area contributed by atoms with Gasteiger partial charge in [-0.05, 0) is 60.3 Å². The van der Waals surface area contributed by atoms with Gasteiger partial charge in [0.1, 0.15) is 11.1 Å². The first-order valence-corrected chi connectivity index (χ1v) is 10.4. The first-order chi connectivity index (χ1) is 13.0. The average Bonchev–Trinajstić information content (AvgIpc) is 2.95. The van der Waals surface area contributed by atoms with Crippen molar-refractivity contribution >= 4 is 45.0 Å². The highest BCUT2D eigenvalue weighted by Gasteiger charge is 2.19. The monoisotopic (exact) mass is 403 g/mol. The number of aromatic nitrogens is 2. The fourth-order valence-corrected chi connectivity index (χ4v) is 4.55. The summed E-state index contributed by atoms with van der Waals surface area (Å²) in [6, 6.07) is 7.84. The number of nitrogen functional groups attached to an aromatic ring is 1. The van der Waals surface area contributed by atoms with Crippen molar-refractivity contribution in [3.05, 3.63) is 40.3 Å². The number of thioether (sulfide) groups is 1. The molecule has 0 unspecified atom stereocenters. The second-order valence-electron chi connectivity index (χ2n) is 6.15. The van der Waals surface area contributed by atoms with E-state index >= 15 is 0 Å². The summed E-state index contributed by atoms with van der Waals surface area (Å²) >= 11 is 3.01. The molecule has 1 aromatic carbocycles. The fraction of sp³-hybridized carbons (Fsp3) is 0.316. The highest BCUT2D eigenvalue weighted by molar-refractivity contribution is 7.99. The minimum atomic E-state index is -0.0269. The SMILES string of the molecule is COc1ccc(CCNC(=O)CSc2nc(N)c3c(C)c(C)sc3[nH+]2)cc1. The number of carbonyl (C=O) groups excluding carboxylic acids is 1. The van der Waals surface area contributed by atoms with E-state index in [4.69, 9.17) is 10.5 Å². The number of benzene rings is 1. The van der Waals surface area contributed by atoms with E-state index < -0.39 is 0 Å². The maximum atomic E-state index is 12.1. The summed E-state index contributed by atoms with van der Waals surface area (Å²) in [6.45, 7) is 4.70. The minimum absolute atomic E-state index is 0.0269. The Labute approximate surface area is 166 Å². The summed E-state index contributed by atoms with van der Waals surface area (Å²) in [5, 5.41) is 4.57. The lowest BCUT2D eigenvalue weighted by Gasteiger charge is -2.05. The molecule has 0 fully saturated rings. The minimum Gasteiger partial charge on any atom is -0.497 e. The van der Waals surface area contributed by atoms with E-state index in [-0.39, 0.29) is 5.91 Å². The molecular weight excluding hydrogens is 380 g/mol. The Balaban J connectivity index is 1.50. The van der Waals surface area contributed by atoms with Crippen LogP contribution in [0.25, 0.3) is 10.2 Å². The number of thiophene rings is 1.